The van der Waals surface area contributed by atoms with E-state index in [2.05, 4.69) is 48.1 Å². The van der Waals surface area contributed by atoms with Crippen molar-refractivity contribution in [3.63, 3.8) is 0 Å². The number of guanidine groups is 1. The summed E-state index contributed by atoms with van der Waals surface area (Å²) in [7, 11) is 0. The Bertz CT molecular complexity index is 553. The number of aliphatic imine (C=N–C) groups is 1. The summed E-state index contributed by atoms with van der Waals surface area (Å²) in [6.45, 7) is 7.39. The van der Waals surface area contributed by atoms with E-state index in [1.165, 1.54) is 11.1 Å². The van der Waals surface area contributed by atoms with Crippen molar-refractivity contribution in [2.75, 3.05) is 13.1 Å². The highest BCUT2D eigenvalue weighted by molar-refractivity contribution is 5.77. The molecule has 0 aliphatic rings. The van der Waals surface area contributed by atoms with Crippen LogP contribution in [0.5, 0.6) is 0 Å². The van der Waals surface area contributed by atoms with Crippen molar-refractivity contribution in [3.05, 3.63) is 54.1 Å². The number of imidazole rings is 1. The lowest BCUT2D eigenvalue weighted by molar-refractivity contribution is 0.458. The van der Waals surface area contributed by atoms with Crippen LogP contribution in [0.15, 0.2) is 48.0 Å². The van der Waals surface area contributed by atoms with Crippen LogP contribution in [0.1, 0.15) is 25.0 Å². The number of aromatic nitrogens is 2. The van der Waals surface area contributed by atoms with Crippen LogP contribution in [0.25, 0.3) is 0 Å². The van der Waals surface area contributed by atoms with E-state index >= 15 is 0 Å². The van der Waals surface area contributed by atoms with Crippen molar-refractivity contribution in [3.8, 4) is 0 Å². The molecule has 0 spiro atoms. The largest absolute Gasteiger partial charge is 0.370 e. The van der Waals surface area contributed by atoms with Crippen molar-refractivity contribution < 1.29 is 0 Å². The zero-order chi connectivity index (χ0) is 15.1. The van der Waals surface area contributed by atoms with Crippen LogP contribution in [0.3, 0.4) is 0 Å². The Balaban J connectivity index is 1.94. The van der Waals surface area contributed by atoms with Crippen molar-refractivity contribution >= 4 is 5.96 Å². The average Bonchev–Trinajstić information content (AvgIpc) is 3.01. The van der Waals surface area contributed by atoms with E-state index in [0.717, 1.165) is 19.6 Å². The van der Waals surface area contributed by atoms with E-state index in [1.807, 2.05) is 22.0 Å². The van der Waals surface area contributed by atoms with Gasteiger partial charge < -0.3 is 15.2 Å². The second kappa shape index (κ2) is 7.47. The maximum atomic E-state index is 5.97. The van der Waals surface area contributed by atoms with Gasteiger partial charge in [0.2, 0.25) is 0 Å². The van der Waals surface area contributed by atoms with Crippen LogP contribution < -0.4 is 5.73 Å². The highest BCUT2D eigenvalue weighted by Gasteiger charge is 2.02. The fraction of sp³-hybridized carbons (Fsp3) is 0.375. The number of rotatable bonds is 6. The fourth-order valence-electron chi connectivity index (χ4n) is 2.16. The molecule has 0 bridgehead atoms. The Morgan fingerprint density at radius 1 is 1.19 bits per heavy atom. The molecule has 1 aromatic carbocycles. The molecule has 0 atom stereocenters. The first-order chi connectivity index (χ1) is 10.2. The van der Waals surface area contributed by atoms with Gasteiger partial charge in [0, 0.05) is 32.0 Å². The van der Waals surface area contributed by atoms with Gasteiger partial charge in [-0.05, 0) is 25.0 Å². The van der Waals surface area contributed by atoms with E-state index in [4.69, 9.17) is 5.73 Å². The van der Waals surface area contributed by atoms with Gasteiger partial charge in [-0.3, -0.25) is 0 Å². The molecule has 5 nitrogen and oxygen atoms in total. The predicted octanol–water partition coefficient (Wildman–Crippen LogP) is 2.09. The first-order valence-corrected chi connectivity index (χ1v) is 7.31. The Morgan fingerprint density at radius 3 is 2.43 bits per heavy atom. The standard InChI is InChI=1S/C16H23N5/c1-3-21(4-2)16(17)19-11-14-5-7-15(8-6-14)12-20-10-9-18-13-20/h5-10,13H,3-4,11-12H2,1-2H3,(H2,17,19). The van der Waals surface area contributed by atoms with Gasteiger partial charge in [0.1, 0.15) is 0 Å². The van der Waals surface area contributed by atoms with Crippen LogP contribution in [0.2, 0.25) is 0 Å². The highest BCUT2D eigenvalue weighted by Crippen LogP contribution is 2.07. The molecule has 0 saturated heterocycles. The molecule has 0 saturated carbocycles. The molecule has 2 rings (SSSR count). The minimum Gasteiger partial charge on any atom is -0.370 e. The SMILES string of the molecule is CCN(CC)C(N)=NCc1ccc(Cn2ccnc2)cc1. The van der Waals surface area contributed by atoms with E-state index < -0.39 is 0 Å². The van der Waals surface area contributed by atoms with Crippen LogP contribution in [0.4, 0.5) is 0 Å². The van der Waals surface area contributed by atoms with Gasteiger partial charge >= 0.3 is 0 Å². The predicted molar refractivity (Wildman–Crippen MR) is 86.0 cm³/mol. The summed E-state index contributed by atoms with van der Waals surface area (Å²) in [5.41, 5.74) is 8.39. The maximum Gasteiger partial charge on any atom is 0.191 e. The molecular weight excluding hydrogens is 262 g/mol. The molecule has 0 aliphatic heterocycles. The number of nitrogens with two attached hydrogens (primary N) is 1. The molecule has 1 aromatic heterocycles. The zero-order valence-corrected chi connectivity index (χ0v) is 12.7. The smallest absolute Gasteiger partial charge is 0.191 e. The Hall–Kier alpha value is -2.30. The third-order valence-corrected chi connectivity index (χ3v) is 3.46. The summed E-state index contributed by atoms with van der Waals surface area (Å²) in [6, 6.07) is 8.45. The first kappa shape index (κ1) is 15.1. The van der Waals surface area contributed by atoms with Crippen LogP contribution in [0, 0.1) is 0 Å². The lowest BCUT2D eigenvalue weighted by atomic mass is 10.1. The van der Waals surface area contributed by atoms with E-state index in [9.17, 15) is 0 Å². The van der Waals surface area contributed by atoms with Gasteiger partial charge in [-0.1, -0.05) is 24.3 Å². The number of benzene rings is 1. The maximum absolute atomic E-state index is 5.97. The summed E-state index contributed by atoms with van der Waals surface area (Å²) in [5.74, 6) is 0.613. The molecule has 0 unspecified atom stereocenters. The summed E-state index contributed by atoms with van der Waals surface area (Å²) in [5, 5.41) is 0. The van der Waals surface area contributed by atoms with E-state index in [1.54, 1.807) is 6.20 Å². The summed E-state index contributed by atoms with van der Waals surface area (Å²) in [4.78, 5) is 10.5. The Kier molecular flexibility index (Phi) is 5.37. The fourth-order valence-corrected chi connectivity index (χ4v) is 2.16. The van der Waals surface area contributed by atoms with E-state index in [0.29, 0.717) is 12.5 Å². The Labute approximate surface area is 126 Å². The lowest BCUT2D eigenvalue weighted by Crippen LogP contribution is -2.37. The summed E-state index contributed by atoms with van der Waals surface area (Å²) >= 11 is 0. The van der Waals surface area contributed by atoms with Crippen molar-refractivity contribution in [2.24, 2.45) is 10.7 Å². The molecule has 0 aliphatic carbocycles. The molecule has 2 aromatic rings. The van der Waals surface area contributed by atoms with Gasteiger partial charge in [-0.25, -0.2) is 9.98 Å². The van der Waals surface area contributed by atoms with Gasteiger partial charge in [0.15, 0.2) is 5.96 Å². The topological polar surface area (TPSA) is 59.4 Å². The molecule has 2 N–H and O–H groups in total. The zero-order valence-electron chi connectivity index (χ0n) is 12.7. The number of hydrogen-bond acceptors (Lipinski definition) is 2. The summed E-state index contributed by atoms with van der Waals surface area (Å²) in [6.07, 6.45) is 5.57. The second-order valence-corrected chi connectivity index (χ2v) is 4.90. The van der Waals surface area contributed by atoms with Gasteiger partial charge in [0.25, 0.3) is 0 Å². The highest BCUT2D eigenvalue weighted by atomic mass is 15.2. The minimum atomic E-state index is 0.613. The monoisotopic (exact) mass is 285 g/mol. The average molecular weight is 285 g/mol. The molecule has 0 fully saturated rings. The second-order valence-electron chi connectivity index (χ2n) is 4.90. The molecule has 0 amide bonds. The summed E-state index contributed by atoms with van der Waals surface area (Å²) < 4.78 is 2.05. The number of nitrogens with zero attached hydrogens (tertiary/aromatic N) is 4. The van der Waals surface area contributed by atoms with Crippen LogP contribution >= 0.6 is 0 Å². The Morgan fingerprint density at radius 2 is 1.86 bits per heavy atom. The third kappa shape index (κ3) is 4.34. The van der Waals surface area contributed by atoms with Crippen molar-refractivity contribution in [1.29, 1.82) is 0 Å². The molecule has 21 heavy (non-hydrogen) atoms. The molecular formula is C16H23N5. The van der Waals surface area contributed by atoms with Gasteiger partial charge in [-0.2, -0.15) is 0 Å². The molecule has 5 heteroatoms. The quantitative estimate of drug-likeness (QED) is 0.653. The molecule has 1 heterocycles. The van der Waals surface area contributed by atoms with Crippen molar-refractivity contribution in [2.45, 2.75) is 26.9 Å². The van der Waals surface area contributed by atoms with Crippen molar-refractivity contribution in [1.82, 2.24) is 14.5 Å². The minimum absolute atomic E-state index is 0.613. The van der Waals surface area contributed by atoms with Gasteiger partial charge in [-0.15, -0.1) is 0 Å². The third-order valence-electron chi connectivity index (χ3n) is 3.46. The number of hydrogen-bond donors (Lipinski definition) is 1. The normalized spacial score (nSPS) is 11.6. The van der Waals surface area contributed by atoms with Crippen LogP contribution in [-0.4, -0.2) is 33.5 Å². The lowest BCUT2D eigenvalue weighted by Gasteiger charge is -2.19. The van der Waals surface area contributed by atoms with Crippen LogP contribution in [-0.2, 0) is 13.1 Å². The van der Waals surface area contributed by atoms with Gasteiger partial charge in [0.05, 0.1) is 12.9 Å². The first-order valence-electron chi connectivity index (χ1n) is 7.31. The molecule has 112 valence electrons. The molecule has 0 radical (unpaired) electrons. The van der Waals surface area contributed by atoms with E-state index in [-0.39, 0.29) is 0 Å².